The van der Waals surface area contributed by atoms with Crippen molar-refractivity contribution < 1.29 is 0 Å². The summed E-state index contributed by atoms with van der Waals surface area (Å²) in [6.07, 6.45) is 3.67. The van der Waals surface area contributed by atoms with Gasteiger partial charge in [-0.3, -0.25) is 14.3 Å². The van der Waals surface area contributed by atoms with Gasteiger partial charge >= 0.3 is 0 Å². The van der Waals surface area contributed by atoms with Crippen LogP contribution in [-0.4, -0.2) is 37.8 Å². The molecule has 0 fully saturated rings. The topological polar surface area (TPSA) is 56.0 Å². The lowest BCUT2D eigenvalue weighted by molar-refractivity contribution is 0.227. The zero-order valence-electron chi connectivity index (χ0n) is 17.2. The fraction of sp³-hybridized carbons (Fsp3) is 0.409. The van der Waals surface area contributed by atoms with Gasteiger partial charge in [0.25, 0.3) is 5.56 Å². The maximum atomic E-state index is 13.5. The summed E-state index contributed by atoms with van der Waals surface area (Å²) in [5, 5.41) is 5.04. The Bertz CT molecular complexity index is 1020. The number of nitrogens with zero attached hydrogens (tertiary/aromatic N) is 5. The summed E-state index contributed by atoms with van der Waals surface area (Å²) in [7, 11) is 3.92. The lowest BCUT2D eigenvalue weighted by atomic mass is 10.1. The van der Waals surface area contributed by atoms with Gasteiger partial charge < -0.3 is 0 Å². The third kappa shape index (κ3) is 3.78. The quantitative estimate of drug-likeness (QED) is 0.563. The lowest BCUT2D eigenvalue weighted by Gasteiger charge is -2.28. The van der Waals surface area contributed by atoms with E-state index in [4.69, 9.17) is 4.98 Å². The SMILES string of the molecule is C=CCCN(C)C(CC)c1nc2c(c(C)nn2C)c(=O)n1Cc1ccccc1. The van der Waals surface area contributed by atoms with Crippen LogP contribution in [0.5, 0.6) is 0 Å². The van der Waals surface area contributed by atoms with Gasteiger partial charge in [0.1, 0.15) is 11.2 Å². The summed E-state index contributed by atoms with van der Waals surface area (Å²) in [5.74, 6) is 0.790. The highest BCUT2D eigenvalue weighted by molar-refractivity contribution is 5.77. The van der Waals surface area contributed by atoms with Crippen LogP contribution in [0, 0.1) is 6.92 Å². The standard InChI is InChI=1S/C22H29N5O/c1-6-8-14-25(4)18(7-2)20-23-21-19(16(3)24-26(21)5)22(28)27(20)15-17-12-10-9-11-13-17/h6,9-13,18H,1,7-8,14-15H2,2-5H3. The summed E-state index contributed by atoms with van der Waals surface area (Å²) < 4.78 is 3.53. The molecule has 1 unspecified atom stereocenters. The van der Waals surface area contributed by atoms with Crippen LogP contribution in [0.4, 0.5) is 0 Å². The maximum absolute atomic E-state index is 13.5. The van der Waals surface area contributed by atoms with Crippen LogP contribution in [0.15, 0.2) is 47.8 Å². The van der Waals surface area contributed by atoms with Crippen molar-refractivity contribution >= 4 is 11.0 Å². The van der Waals surface area contributed by atoms with E-state index in [0.717, 1.165) is 36.5 Å². The molecule has 0 aliphatic carbocycles. The van der Waals surface area contributed by atoms with Gasteiger partial charge in [-0.05, 0) is 32.4 Å². The number of hydrogen-bond acceptors (Lipinski definition) is 4. The molecule has 6 nitrogen and oxygen atoms in total. The highest BCUT2D eigenvalue weighted by Gasteiger charge is 2.24. The smallest absolute Gasteiger partial charge is 0.265 e. The van der Waals surface area contributed by atoms with Crippen LogP contribution in [0.3, 0.4) is 0 Å². The zero-order valence-corrected chi connectivity index (χ0v) is 17.2. The van der Waals surface area contributed by atoms with E-state index >= 15 is 0 Å². The van der Waals surface area contributed by atoms with E-state index in [-0.39, 0.29) is 11.6 Å². The predicted molar refractivity (Wildman–Crippen MR) is 114 cm³/mol. The van der Waals surface area contributed by atoms with Gasteiger partial charge in [-0.1, -0.05) is 43.3 Å². The van der Waals surface area contributed by atoms with Gasteiger partial charge in [0.05, 0.1) is 18.3 Å². The van der Waals surface area contributed by atoms with Gasteiger partial charge in [0.2, 0.25) is 0 Å². The van der Waals surface area contributed by atoms with Crippen LogP contribution in [-0.2, 0) is 13.6 Å². The number of fused-ring (bicyclic) bond motifs is 1. The minimum atomic E-state index is -0.0231. The largest absolute Gasteiger partial charge is 0.296 e. The Morgan fingerprint density at radius 1 is 1.29 bits per heavy atom. The van der Waals surface area contributed by atoms with Crippen molar-refractivity contribution in [3.05, 3.63) is 70.4 Å². The van der Waals surface area contributed by atoms with Crippen LogP contribution in [0.1, 0.15) is 42.9 Å². The van der Waals surface area contributed by atoms with Crippen molar-refractivity contribution in [3.8, 4) is 0 Å². The van der Waals surface area contributed by atoms with Gasteiger partial charge in [0, 0.05) is 13.6 Å². The van der Waals surface area contributed by atoms with E-state index in [1.807, 2.05) is 54.9 Å². The molecule has 148 valence electrons. The summed E-state index contributed by atoms with van der Waals surface area (Å²) in [4.78, 5) is 20.7. The Hall–Kier alpha value is -2.73. The molecule has 0 spiro atoms. The first-order valence-corrected chi connectivity index (χ1v) is 9.77. The monoisotopic (exact) mass is 379 g/mol. The van der Waals surface area contributed by atoms with Crippen molar-refractivity contribution in [2.24, 2.45) is 7.05 Å². The molecule has 0 N–H and O–H groups in total. The number of benzene rings is 1. The zero-order chi connectivity index (χ0) is 20.3. The maximum Gasteiger partial charge on any atom is 0.265 e. The lowest BCUT2D eigenvalue weighted by Crippen LogP contribution is -2.34. The first kappa shape index (κ1) is 20.0. The third-order valence-corrected chi connectivity index (χ3v) is 5.23. The molecule has 0 bridgehead atoms. The van der Waals surface area contributed by atoms with E-state index in [0.29, 0.717) is 17.6 Å². The second kappa shape index (κ2) is 8.52. The summed E-state index contributed by atoms with van der Waals surface area (Å²) >= 11 is 0. The number of aryl methyl sites for hydroxylation is 2. The van der Waals surface area contributed by atoms with Crippen LogP contribution in [0.2, 0.25) is 0 Å². The normalized spacial score (nSPS) is 12.6. The molecule has 2 aromatic heterocycles. The minimum Gasteiger partial charge on any atom is -0.296 e. The predicted octanol–water partition coefficient (Wildman–Crippen LogP) is 3.45. The molecular formula is C22H29N5O. The Morgan fingerprint density at radius 3 is 2.64 bits per heavy atom. The molecule has 1 atom stereocenters. The second-order valence-electron chi connectivity index (χ2n) is 7.24. The number of aromatic nitrogens is 4. The molecule has 3 aromatic rings. The Kier molecular flexibility index (Phi) is 6.09. The van der Waals surface area contributed by atoms with Gasteiger partial charge in [-0.2, -0.15) is 5.10 Å². The molecule has 0 aliphatic rings. The summed E-state index contributed by atoms with van der Waals surface area (Å²) in [6, 6.07) is 10.1. The van der Waals surface area contributed by atoms with Gasteiger partial charge in [-0.15, -0.1) is 6.58 Å². The van der Waals surface area contributed by atoms with Crippen molar-refractivity contribution in [2.75, 3.05) is 13.6 Å². The highest BCUT2D eigenvalue weighted by atomic mass is 16.1. The van der Waals surface area contributed by atoms with Gasteiger partial charge in [-0.25, -0.2) is 9.67 Å². The first-order valence-electron chi connectivity index (χ1n) is 9.77. The van der Waals surface area contributed by atoms with E-state index in [1.54, 1.807) is 4.68 Å². The first-order chi connectivity index (χ1) is 13.5. The average molecular weight is 380 g/mol. The Labute approximate surface area is 166 Å². The molecule has 0 aliphatic heterocycles. The third-order valence-electron chi connectivity index (χ3n) is 5.23. The van der Waals surface area contributed by atoms with Crippen molar-refractivity contribution in [1.29, 1.82) is 0 Å². The van der Waals surface area contributed by atoms with E-state index < -0.39 is 0 Å². The van der Waals surface area contributed by atoms with E-state index in [2.05, 4.69) is 30.5 Å². The molecule has 0 amide bonds. The molecular weight excluding hydrogens is 350 g/mol. The molecule has 3 rings (SSSR count). The summed E-state index contributed by atoms with van der Waals surface area (Å²) in [5.41, 5.74) is 2.43. The molecule has 2 heterocycles. The van der Waals surface area contributed by atoms with Crippen molar-refractivity contribution in [1.82, 2.24) is 24.2 Å². The molecule has 0 radical (unpaired) electrons. The van der Waals surface area contributed by atoms with Gasteiger partial charge in [0.15, 0.2) is 5.65 Å². The Balaban J connectivity index is 2.20. The molecule has 28 heavy (non-hydrogen) atoms. The fourth-order valence-corrected chi connectivity index (χ4v) is 3.75. The number of hydrogen-bond donors (Lipinski definition) is 0. The molecule has 1 aromatic carbocycles. The summed E-state index contributed by atoms with van der Waals surface area (Å²) in [6.45, 7) is 9.19. The van der Waals surface area contributed by atoms with E-state index in [1.165, 1.54) is 0 Å². The molecule has 0 saturated heterocycles. The van der Waals surface area contributed by atoms with Crippen LogP contribution < -0.4 is 5.56 Å². The Morgan fingerprint density at radius 2 is 2.00 bits per heavy atom. The van der Waals surface area contributed by atoms with Crippen molar-refractivity contribution in [3.63, 3.8) is 0 Å². The average Bonchev–Trinajstić information content (AvgIpc) is 2.98. The van der Waals surface area contributed by atoms with Crippen LogP contribution in [0.25, 0.3) is 11.0 Å². The molecule has 6 heteroatoms. The second-order valence-corrected chi connectivity index (χ2v) is 7.24. The van der Waals surface area contributed by atoms with E-state index in [9.17, 15) is 4.79 Å². The van der Waals surface area contributed by atoms with Crippen LogP contribution >= 0.6 is 0 Å². The molecule has 0 saturated carbocycles. The fourth-order valence-electron chi connectivity index (χ4n) is 3.75. The minimum absolute atomic E-state index is 0.0231. The number of rotatable bonds is 8. The highest BCUT2D eigenvalue weighted by Crippen LogP contribution is 2.24. The van der Waals surface area contributed by atoms with Crippen molar-refractivity contribution in [2.45, 2.75) is 39.3 Å².